The summed E-state index contributed by atoms with van der Waals surface area (Å²) in [4.78, 5) is 17.0. The van der Waals surface area contributed by atoms with Crippen molar-refractivity contribution in [3.8, 4) is 5.69 Å². The number of carbonyl (C=O) groups excluding carboxylic acids is 1. The molecule has 1 fully saturated rings. The van der Waals surface area contributed by atoms with E-state index in [1.165, 1.54) is 16.4 Å². The summed E-state index contributed by atoms with van der Waals surface area (Å²) >= 11 is 0. The Labute approximate surface area is 186 Å². The van der Waals surface area contributed by atoms with E-state index in [0.29, 0.717) is 25.9 Å². The first-order valence-corrected chi connectivity index (χ1v) is 11.9. The molecule has 1 saturated heterocycles. The number of nitrogens with one attached hydrogen (secondary N) is 1. The average Bonchev–Trinajstić information content (AvgIpc) is 3.24. The lowest BCUT2D eigenvalue weighted by atomic mass is 9.99. The van der Waals surface area contributed by atoms with Crippen LogP contribution in [0.3, 0.4) is 0 Å². The van der Waals surface area contributed by atoms with Gasteiger partial charge in [-0.15, -0.1) is 0 Å². The number of aryl methyl sites for hydroxylation is 1. The summed E-state index contributed by atoms with van der Waals surface area (Å²) in [5.41, 5.74) is 1.94. The monoisotopic (exact) mass is 456 g/mol. The van der Waals surface area contributed by atoms with E-state index in [2.05, 4.69) is 10.3 Å². The van der Waals surface area contributed by atoms with Crippen molar-refractivity contribution in [2.75, 3.05) is 13.1 Å². The number of aromatic nitrogens is 2. The first kappa shape index (κ1) is 22.2. The molecule has 0 saturated carbocycles. The lowest BCUT2D eigenvalue weighted by Crippen LogP contribution is -2.45. The average molecular weight is 457 g/mol. The molecule has 1 aromatic heterocycles. The van der Waals surface area contributed by atoms with Gasteiger partial charge in [-0.2, -0.15) is 4.31 Å². The van der Waals surface area contributed by atoms with Crippen LogP contribution in [-0.4, -0.2) is 41.3 Å². The quantitative estimate of drug-likeness (QED) is 0.618. The first-order valence-electron chi connectivity index (χ1n) is 10.5. The molecule has 2 aromatic carbocycles. The van der Waals surface area contributed by atoms with Crippen LogP contribution >= 0.6 is 0 Å². The van der Waals surface area contributed by atoms with Crippen molar-refractivity contribution in [3.63, 3.8) is 0 Å². The number of sulfonamides is 1. The van der Waals surface area contributed by atoms with Crippen molar-refractivity contribution < 1.29 is 17.6 Å². The zero-order valence-corrected chi connectivity index (χ0v) is 18.6. The largest absolute Gasteiger partial charge is 0.352 e. The third kappa shape index (κ3) is 4.73. The Morgan fingerprint density at radius 1 is 1.16 bits per heavy atom. The van der Waals surface area contributed by atoms with Crippen LogP contribution in [0.5, 0.6) is 0 Å². The number of rotatable bonds is 6. The minimum atomic E-state index is -3.76. The minimum absolute atomic E-state index is 0.0353. The van der Waals surface area contributed by atoms with Crippen LogP contribution in [0.4, 0.5) is 4.39 Å². The molecule has 3 aromatic rings. The highest BCUT2D eigenvalue weighted by Gasteiger charge is 2.33. The van der Waals surface area contributed by atoms with E-state index in [0.717, 1.165) is 29.2 Å². The number of halogens is 1. The van der Waals surface area contributed by atoms with E-state index in [9.17, 15) is 17.6 Å². The van der Waals surface area contributed by atoms with E-state index in [-0.39, 0.29) is 17.3 Å². The van der Waals surface area contributed by atoms with E-state index in [4.69, 9.17) is 0 Å². The predicted molar refractivity (Wildman–Crippen MR) is 118 cm³/mol. The van der Waals surface area contributed by atoms with Gasteiger partial charge in [-0.1, -0.05) is 12.1 Å². The molecule has 7 nitrogen and oxygen atoms in total. The van der Waals surface area contributed by atoms with Gasteiger partial charge in [-0.3, -0.25) is 4.79 Å². The maximum absolute atomic E-state index is 13.2. The van der Waals surface area contributed by atoms with Gasteiger partial charge in [-0.05, 0) is 61.7 Å². The van der Waals surface area contributed by atoms with E-state index in [1.54, 1.807) is 6.20 Å². The highest BCUT2D eigenvalue weighted by atomic mass is 32.2. The maximum Gasteiger partial charge on any atom is 0.243 e. The van der Waals surface area contributed by atoms with Crippen LogP contribution < -0.4 is 5.32 Å². The van der Waals surface area contributed by atoms with Gasteiger partial charge in [0.15, 0.2) is 0 Å². The van der Waals surface area contributed by atoms with Gasteiger partial charge in [-0.25, -0.2) is 17.8 Å². The highest BCUT2D eigenvalue weighted by molar-refractivity contribution is 7.89. The summed E-state index contributed by atoms with van der Waals surface area (Å²) in [7, 11) is -3.76. The number of carbonyl (C=O) groups is 1. The molecule has 0 aliphatic carbocycles. The molecular weight excluding hydrogens is 431 g/mol. The molecule has 1 aliphatic rings. The Balaban J connectivity index is 1.36. The maximum atomic E-state index is 13.2. The van der Waals surface area contributed by atoms with Crippen LogP contribution in [-0.2, 0) is 21.4 Å². The third-order valence-electron chi connectivity index (χ3n) is 5.71. The molecular formula is C23H25FN4O3S. The Morgan fingerprint density at radius 2 is 1.88 bits per heavy atom. The van der Waals surface area contributed by atoms with E-state index >= 15 is 0 Å². The molecule has 168 valence electrons. The molecule has 2 heterocycles. The Bertz CT molecular complexity index is 1190. The fourth-order valence-electron chi connectivity index (χ4n) is 3.89. The minimum Gasteiger partial charge on any atom is -0.352 e. The van der Waals surface area contributed by atoms with Crippen molar-refractivity contribution in [2.45, 2.75) is 31.2 Å². The van der Waals surface area contributed by atoms with E-state index in [1.807, 2.05) is 42.0 Å². The Morgan fingerprint density at radius 3 is 2.53 bits per heavy atom. The van der Waals surface area contributed by atoms with Crippen molar-refractivity contribution in [2.24, 2.45) is 5.92 Å². The second-order valence-electron chi connectivity index (χ2n) is 7.88. The van der Waals surface area contributed by atoms with Crippen LogP contribution in [0.2, 0.25) is 0 Å². The fourth-order valence-corrected chi connectivity index (χ4v) is 5.41. The number of imidazole rings is 1. The van der Waals surface area contributed by atoms with Crippen molar-refractivity contribution in [1.82, 2.24) is 19.2 Å². The van der Waals surface area contributed by atoms with Crippen molar-refractivity contribution in [1.29, 1.82) is 0 Å². The van der Waals surface area contributed by atoms with Gasteiger partial charge < -0.3 is 9.88 Å². The summed E-state index contributed by atoms with van der Waals surface area (Å²) in [5.74, 6) is -0.193. The van der Waals surface area contributed by atoms with Crippen molar-refractivity contribution >= 4 is 15.9 Å². The standard InChI is InChI=1S/C23H25FN4O3S/c1-17-25-12-14-28(17)21-8-4-18(5-9-21)15-26-23(29)19-3-2-13-27(16-19)32(30,31)22-10-6-20(24)7-11-22/h4-12,14,19H,2-3,13,15-16H2,1H3,(H,26,29)/t19-/m0/s1. The van der Waals surface area contributed by atoms with Gasteiger partial charge in [0.1, 0.15) is 11.6 Å². The van der Waals surface area contributed by atoms with Crippen LogP contribution in [0.1, 0.15) is 24.2 Å². The fraction of sp³-hybridized carbons (Fsp3) is 0.304. The van der Waals surface area contributed by atoms with Crippen LogP contribution in [0.25, 0.3) is 5.69 Å². The zero-order valence-electron chi connectivity index (χ0n) is 17.7. The third-order valence-corrected chi connectivity index (χ3v) is 7.59. The lowest BCUT2D eigenvalue weighted by Gasteiger charge is -2.31. The molecule has 0 unspecified atom stereocenters. The van der Waals surface area contributed by atoms with Gasteiger partial charge in [0.05, 0.1) is 10.8 Å². The summed E-state index contributed by atoms with van der Waals surface area (Å²) in [6.07, 6.45) is 4.85. The van der Waals surface area contributed by atoms with Crippen LogP contribution in [0.15, 0.2) is 65.8 Å². The van der Waals surface area contributed by atoms with Gasteiger partial charge in [0, 0.05) is 37.7 Å². The molecule has 1 aliphatic heterocycles. The molecule has 4 rings (SSSR count). The number of nitrogens with zero attached hydrogens (tertiary/aromatic N) is 3. The SMILES string of the molecule is Cc1nccn1-c1ccc(CNC(=O)[C@H]2CCCN(S(=O)(=O)c3ccc(F)cc3)C2)cc1. The molecule has 0 radical (unpaired) electrons. The van der Waals surface area contributed by atoms with Gasteiger partial charge in [0.25, 0.3) is 0 Å². The smallest absolute Gasteiger partial charge is 0.243 e. The lowest BCUT2D eigenvalue weighted by molar-refractivity contribution is -0.126. The molecule has 1 atom stereocenters. The van der Waals surface area contributed by atoms with Crippen LogP contribution in [0, 0.1) is 18.7 Å². The molecule has 0 spiro atoms. The number of hydrogen-bond acceptors (Lipinski definition) is 4. The summed E-state index contributed by atoms with van der Waals surface area (Å²) in [5, 5.41) is 2.92. The predicted octanol–water partition coefficient (Wildman–Crippen LogP) is 3.04. The number of piperidine rings is 1. The normalized spacial score (nSPS) is 17.2. The Kier molecular flexibility index (Phi) is 6.38. The molecule has 1 amide bonds. The Hall–Kier alpha value is -3.04. The molecule has 9 heteroatoms. The number of benzene rings is 2. The summed E-state index contributed by atoms with van der Waals surface area (Å²) in [6.45, 7) is 2.75. The van der Waals surface area contributed by atoms with Crippen molar-refractivity contribution in [3.05, 3.63) is 78.1 Å². The molecule has 32 heavy (non-hydrogen) atoms. The molecule has 0 bridgehead atoms. The van der Waals surface area contributed by atoms with Gasteiger partial charge in [0.2, 0.25) is 15.9 Å². The topological polar surface area (TPSA) is 84.3 Å². The van der Waals surface area contributed by atoms with E-state index < -0.39 is 21.8 Å². The highest BCUT2D eigenvalue weighted by Crippen LogP contribution is 2.24. The number of amides is 1. The number of hydrogen-bond donors (Lipinski definition) is 1. The second kappa shape index (κ2) is 9.22. The zero-order chi connectivity index (χ0) is 22.7. The summed E-state index contributed by atoms with van der Waals surface area (Å²) < 4.78 is 42.2. The van der Waals surface area contributed by atoms with Gasteiger partial charge >= 0.3 is 0 Å². The summed E-state index contributed by atoms with van der Waals surface area (Å²) in [6, 6.07) is 12.6. The first-order chi connectivity index (χ1) is 15.3. The molecule has 1 N–H and O–H groups in total. The second-order valence-corrected chi connectivity index (χ2v) is 9.82.